The number of hydrogen-bond acceptors (Lipinski definition) is 1. The molecule has 0 unspecified atom stereocenters. The van der Waals surface area contributed by atoms with Crippen molar-refractivity contribution in [1.82, 2.24) is 0 Å². The summed E-state index contributed by atoms with van der Waals surface area (Å²) in [4.78, 5) is 0. The normalized spacial score (nSPS) is 12.5. The lowest BCUT2D eigenvalue weighted by atomic mass is 9.88. The van der Waals surface area contributed by atoms with Gasteiger partial charge in [-0.3, -0.25) is 0 Å². The highest BCUT2D eigenvalue weighted by atomic mass is 16.5. The van der Waals surface area contributed by atoms with E-state index in [0.717, 1.165) is 36.2 Å². The minimum absolute atomic E-state index is 0.340. The SMILES string of the molecule is CC(C)(C)Cc1ccc(OCCC[N+](C)(C)C)cc1. The largest absolute Gasteiger partial charge is 0.493 e. The maximum absolute atomic E-state index is 5.78. The van der Waals surface area contributed by atoms with Gasteiger partial charge in [-0.15, -0.1) is 0 Å². The molecule has 2 heteroatoms. The minimum atomic E-state index is 0.340. The fourth-order valence-corrected chi connectivity index (χ4v) is 2.04. The van der Waals surface area contributed by atoms with Crippen LogP contribution in [0.4, 0.5) is 0 Å². The second-order valence-electron chi connectivity index (χ2n) is 7.60. The molecule has 19 heavy (non-hydrogen) atoms. The number of ether oxygens (including phenoxy) is 1. The molecule has 0 atom stereocenters. The van der Waals surface area contributed by atoms with Crippen molar-refractivity contribution in [1.29, 1.82) is 0 Å². The first-order valence-electron chi connectivity index (χ1n) is 7.18. The first-order valence-corrected chi connectivity index (χ1v) is 7.18. The molecule has 0 aromatic heterocycles. The van der Waals surface area contributed by atoms with E-state index in [1.54, 1.807) is 0 Å². The smallest absolute Gasteiger partial charge is 0.119 e. The van der Waals surface area contributed by atoms with Crippen LogP contribution in [0.2, 0.25) is 0 Å². The third-order valence-corrected chi connectivity index (χ3v) is 2.90. The van der Waals surface area contributed by atoms with Crippen LogP contribution < -0.4 is 4.74 Å². The highest BCUT2D eigenvalue weighted by Gasteiger charge is 2.11. The summed E-state index contributed by atoms with van der Waals surface area (Å²) in [6.07, 6.45) is 2.20. The zero-order valence-corrected chi connectivity index (χ0v) is 13.5. The first-order chi connectivity index (χ1) is 8.66. The Bertz CT molecular complexity index is 368. The third kappa shape index (κ3) is 7.89. The van der Waals surface area contributed by atoms with Crippen molar-refractivity contribution in [2.75, 3.05) is 34.3 Å². The Morgan fingerprint density at radius 1 is 1.00 bits per heavy atom. The van der Waals surface area contributed by atoms with E-state index in [1.165, 1.54) is 5.56 Å². The first kappa shape index (κ1) is 16.0. The molecule has 0 aliphatic carbocycles. The number of benzene rings is 1. The van der Waals surface area contributed by atoms with Crippen molar-refractivity contribution in [2.24, 2.45) is 5.41 Å². The van der Waals surface area contributed by atoms with Gasteiger partial charge < -0.3 is 9.22 Å². The van der Waals surface area contributed by atoms with E-state index < -0.39 is 0 Å². The summed E-state index contributed by atoms with van der Waals surface area (Å²) in [5.74, 6) is 0.985. The Morgan fingerprint density at radius 2 is 1.58 bits per heavy atom. The van der Waals surface area contributed by atoms with Crippen LogP contribution in [0.15, 0.2) is 24.3 Å². The summed E-state index contributed by atoms with van der Waals surface area (Å²) >= 11 is 0. The predicted molar refractivity (Wildman–Crippen MR) is 82.6 cm³/mol. The van der Waals surface area contributed by atoms with Gasteiger partial charge >= 0.3 is 0 Å². The van der Waals surface area contributed by atoms with Crippen LogP contribution >= 0.6 is 0 Å². The van der Waals surface area contributed by atoms with Gasteiger partial charge in [-0.2, -0.15) is 0 Å². The molecular weight excluding hydrogens is 234 g/mol. The zero-order valence-electron chi connectivity index (χ0n) is 13.5. The molecule has 0 N–H and O–H groups in total. The van der Waals surface area contributed by atoms with Gasteiger partial charge in [0.1, 0.15) is 5.75 Å². The van der Waals surface area contributed by atoms with Gasteiger partial charge in [0.2, 0.25) is 0 Å². The van der Waals surface area contributed by atoms with Crippen molar-refractivity contribution in [3.8, 4) is 5.75 Å². The van der Waals surface area contributed by atoms with Gasteiger partial charge in [0.05, 0.1) is 34.3 Å². The lowest BCUT2D eigenvalue weighted by Crippen LogP contribution is -2.35. The summed E-state index contributed by atoms with van der Waals surface area (Å²) in [6, 6.07) is 8.54. The molecule has 0 aliphatic heterocycles. The summed E-state index contributed by atoms with van der Waals surface area (Å²) in [5, 5.41) is 0. The highest BCUT2D eigenvalue weighted by molar-refractivity contribution is 5.27. The molecule has 0 heterocycles. The van der Waals surface area contributed by atoms with Gasteiger partial charge in [0, 0.05) is 6.42 Å². The molecule has 0 aliphatic rings. The molecular formula is C17H30NO+. The average Bonchev–Trinajstić information content (AvgIpc) is 2.23. The van der Waals surface area contributed by atoms with E-state index in [9.17, 15) is 0 Å². The molecule has 1 rings (SSSR count). The number of nitrogens with zero attached hydrogens (tertiary/aromatic N) is 1. The lowest BCUT2D eigenvalue weighted by Gasteiger charge is -2.23. The standard InChI is InChI=1S/C17H30NO/c1-17(2,3)14-15-8-10-16(11-9-15)19-13-7-12-18(4,5)6/h8-11H,7,12-14H2,1-6H3/q+1. The number of hydrogen-bond donors (Lipinski definition) is 0. The van der Waals surface area contributed by atoms with E-state index in [-0.39, 0.29) is 0 Å². The number of rotatable bonds is 6. The molecule has 1 aromatic carbocycles. The van der Waals surface area contributed by atoms with E-state index >= 15 is 0 Å². The molecule has 0 spiro atoms. The molecule has 0 bridgehead atoms. The Hall–Kier alpha value is -1.02. The van der Waals surface area contributed by atoms with E-state index in [4.69, 9.17) is 4.74 Å². The maximum Gasteiger partial charge on any atom is 0.119 e. The Balaban J connectivity index is 2.36. The van der Waals surface area contributed by atoms with Gasteiger partial charge in [-0.1, -0.05) is 32.9 Å². The summed E-state index contributed by atoms with van der Waals surface area (Å²) in [5.41, 5.74) is 1.72. The summed E-state index contributed by atoms with van der Waals surface area (Å²) in [6.45, 7) is 8.74. The van der Waals surface area contributed by atoms with Crippen molar-refractivity contribution < 1.29 is 9.22 Å². The fraction of sp³-hybridized carbons (Fsp3) is 0.647. The van der Waals surface area contributed by atoms with Crippen LogP contribution in [0, 0.1) is 5.41 Å². The van der Waals surface area contributed by atoms with Crippen molar-refractivity contribution in [3.63, 3.8) is 0 Å². The van der Waals surface area contributed by atoms with Gasteiger partial charge in [0.15, 0.2) is 0 Å². The van der Waals surface area contributed by atoms with Crippen LogP contribution in [0.25, 0.3) is 0 Å². The van der Waals surface area contributed by atoms with Gasteiger partial charge in [0.25, 0.3) is 0 Å². The van der Waals surface area contributed by atoms with Crippen molar-refractivity contribution >= 4 is 0 Å². The monoisotopic (exact) mass is 264 g/mol. The fourth-order valence-electron chi connectivity index (χ4n) is 2.04. The topological polar surface area (TPSA) is 9.23 Å². The molecule has 0 amide bonds. The average molecular weight is 264 g/mol. The van der Waals surface area contributed by atoms with Crippen LogP contribution in [0.1, 0.15) is 32.8 Å². The molecule has 0 fully saturated rings. The molecule has 108 valence electrons. The Morgan fingerprint density at radius 3 is 2.05 bits per heavy atom. The minimum Gasteiger partial charge on any atom is -0.493 e. The summed E-state index contributed by atoms with van der Waals surface area (Å²) in [7, 11) is 6.63. The van der Waals surface area contributed by atoms with Gasteiger partial charge in [-0.05, 0) is 29.5 Å². The van der Waals surface area contributed by atoms with Crippen LogP contribution in [-0.4, -0.2) is 38.8 Å². The highest BCUT2D eigenvalue weighted by Crippen LogP contribution is 2.22. The van der Waals surface area contributed by atoms with E-state index in [2.05, 4.69) is 66.2 Å². The second kappa shape index (κ2) is 6.42. The second-order valence-corrected chi connectivity index (χ2v) is 7.60. The number of quaternary nitrogens is 1. The molecule has 1 aromatic rings. The van der Waals surface area contributed by atoms with Crippen molar-refractivity contribution in [2.45, 2.75) is 33.6 Å². The van der Waals surface area contributed by atoms with Crippen molar-refractivity contribution in [3.05, 3.63) is 29.8 Å². The van der Waals surface area contributed by atoms with Crippen LogP contribution in [-0.2, 0) is 6.42 Å². The quantitative estimate of drug-likeness (QED) is 0.561. The van der Waals surface area contributed by atoms with E-state index in [0.29, 0.717) is 5.41 Å². The predicted octanol–water partition coefficient (Wildman–Crippen LogP) is 3.75. The molecule has 0 radical (unpaired) electrons. The van der Waals surface area contributed by atoms with E-state index in [1.807, 2.05) is 0 Å². The Labute approximate surface area is 119 Å². The third-order valence-electron chi connectivity index (χ3n) is 2.90. The van der Waals surface area contributed by atoms with Crippen LogP contribution in [0.3, 0.4) is 0 Å². The van der Waals surface area contributed by atoms with Crippen LogP contribution in [0.5, 0.6) is 5.75 Å². The zero-order chi connectivity index (χ0) is 14.5. The Kier molecular flexibility index (Phi) is 5.42. The lowest BCUT2D eigenvalue weighted by molar-refractivity contribution is -0.870. The summed E-state index contributed by atoms with van der Waals surface area (Å²) < 4.78 is 6.77. The maximum atomic E-state index is 5.78. The van der Waals surface area contributed by atoms with Gasteiger partial charge in [-0.25, -0.2) is 0 Å². The molecule has 0 saturated carbocycles. The molecule has 0 saturated heterocycles. The molecule has 2 nitrogen and oxygen atoms in total.